The van der Waals surface area contributed by atoms with E-state index in [0.717, 1.165) is 15.7 Å². The van der Waals surface area contributed by atoms with Crippen molar-refractivity contribution >= 4 is 27.6 Å². The lowest BCUT2D eigenvalue weighted by Crippen LogP contribution is -2.32. The maximum atomic E-state index is 11.8. The zero-order valence-electron chi connectivity index (χ0n) is 13.1. The average molecular weight is 379 g/mol. The highest BCUT2D eigenvalue weighted by Gasteiger charge is 2.05. The van der Waals surface area contributed by atoms with E-state index in [1.54, 1.807) is 7.11 Å². The van der Waals surface area contributed by atoms with E-state index in [1.807, 2.05) is 49.4 Å². The third-order valence-electron chi connectivity index (χ3n) is 3.05. The number of benzene rings is 2. The molecular weight excluding hydrogens is 360 g/mol. The van der Waals surface area contributed by atoms with E-state index in [-0.39, 0.29) is 6.03 Å². The molecule has 0 fully saturated rings. The van der Waals surface area contributed by atoms with Gasteiger partial charge in [0.2, 0.25) is 0 Å². The van der Waals surface area contributed by atoms with Gasteiger partial charge < -0.3 is 20.1 Å². The number of rotatable bonds is 6. The van der Waals surface area contributed by atoms with Crippen molar-refractivity contribution < 1.29 is 14.3 Å². The summed E-state index contributed by atoms with van der Waals surface area (Å²) >= 11 is 3.36. The Hall–Kier alpha value is -2.21. The van der Waals surface area contributed by atoms with Crippen LogP contribution in [0.2, 0.25) is 0 Å². The second-order valence-electron chi connectivity index (χ2n) is 4.89. The first-order valence-corrected chi connectivity index (χ1v) is 7.95. The maximum absolute atomic E-state index is 11.8. The predicted octanol–water partition coefficient (Wildman–Crippen LogP) is 3.97. The SMILES string of the molecule is COc1cc(C)ccc1OCCNC(=O)Nc1cccc(Br)c1. The molecule has 2 rings (SSSR count). The van der Waals surface area contributed by atoms with Gasteiger partial charge in [0, 0.05) is 10.2 Å². The van der Waals surface area contributed by atoms with E-state index < -0.39 is 0 Å². The molecule has 2 amide bonds. The Morgan fingerprint density at radius 1 is 1.17 bits per heavy atom. The van der Waals surface area contributed by atoms with Gasteiger partial charge in [-0.05, 0) is 42.8 Å². The Bertz CT molecular complexity index is 677. The van der Waals surface area contributed by atoms with Crippen LogP contribution in [-0.2, 0) is 0 Å². The summed E-state index contributed by atoms with van der Waals surface area (Å²) in [5.74, 6) is 1.34. The first-order valence-electron chi connectivity index (χ1n) is 7.16. The Morgan fingerprint density at radius 2 is 2.00 bits per heavy atom. The number of anilines is 1. The Kier molecular flexibility index (Phi) is 6.29. The molecule has 0 aliphatic rings. The Balaban J connectivity index is 1.76. The predicted molar refractivity (Wildman–Crippen MR) is 94.4 cm³/mol. The normalized spacial score (nSPS) is 10.0. The molecule has 0 saturated carbocycles. The summed E-state index contributed by atoms with van der Waals surface area (Å²) in [6, 6.07) is 12.8. The molecule has 23 heavy (non-hydrogen) atoms. The van der Waals surface area contributed by atoms with Gasteiger partial charge in [0.15, 0.2) is 11.5 Å². The van der Waals surface area contributed by atoms with E-state index in [2.05, 4.69) is 26.6 Å². The lowest BCUT2D eigenvalue weighted by Gasteiger charge is -2.12. The third-order valence-corrected chi connectivity index (χ3v) is 3.54. The van der Waals surface area contributed by atoms with Crippen LogP contribution in [0, 0.1) is 6.92 Å². The van der Waals surface area contributed by atoms with Gasteiger partial charge >= 0.3 is 6.03 Å². The first kappa shape index (κ1) is 17.1. The van der Waals surface area contributed by atoms with Gasteiger partial charge in [0.1, 0.15) is 6.61 Å². The molecule has 0 aromatic heterocycles. The average Bonchev–Trinajstić information content (AvgIpc) is 2.52. The Morgan fingerprint density at radius 3 is 2.74 bits per heavy atom. The monoisotopic (exact) mass is 378 g/mol. The second kappa shape index (κ2) is 8.43. The number of hydrogen-bond donors (Lipinski definition) is 2. The molecule has 0 heterocycles. The van der Waals surface area contributed by atoms with Crippen molar-refractivity contribution in [3.05, 3.63) is 52.5 Å². The number of nitrogens with one attached hydrogen (secondary N) is 2. The molecule has 122 valence electrons. The summed E-state index contributed by atoms with van der Waals surface area (Å²) < 4.78 is 11.8. The molecule has 0 atom stereocenters. The number of aryl methyl sites for hydroxylation is 1. The van der Waals surface area contributed by atoms with Crippen LogP contribution >= 0.6 is 15.9 Å². The van der Waals surface area contributed by atoms with Gasteiger partial charge in [-0.1, -0.05) is 28.1 Å². The third kappa shape index (κ3) is 5.49. The minimum absolute atomic E-state index is 0.275. The van der Waals surface area contributed by atoms with Gasteiger partial charge in [-0.3, -0.25) is 0 Å². The topological polar surface area (TPSA) is 59.6 Å². The quantitative estimate of drug-likeness (QED) is 0.747. The van der Waals surface area contributed by atoms with E-state index in [4.69, 9.17) is 9.47 Å². The zero-order valence-corrected chi connectivity index (χ0v) is 14.6. The first-order chi connectivity index (χ1) is 11.1. The molecule has 0 radical (unpaired) electrons. The fourth-order valence-corrected chi connectivity index (χ4v) is 2.36. The van der Waals surface area contributed by atoms with Crippen molar-refractivity contribution in [3.8, 4) is 11.5 Å². The fraction of sp³-hybridized carbons (Fsp3) is 0.235. The summed E-state index contributed by atoms with van der Waals surface area (Å²) in [6.07, 6.45) is 0. The number of carbonyl (C=O) groups excluding carboxylic acids is 1. The molecular formula is C17H19BrN2O3. The van der Waals surface area contributed by atoms with Crippen molar-refractivity contribution in [2.24, 2.45) is 0 Å². The highest BCUT2D eigenvalue weighted by molar-refractivity contribution is 9.10. The molecule has 2 aromatic carbocycles. The molecule has 0 bridgehead atoms. The van der Waals surface area contributed by atoms with Gasteiger partial charge in [0.05, 0.1) is 13.7 Å². The number of halogens is 1. The van der Waals surface area contributed by atoms with Crippen LogP contribution in [0.5, 0.6) is 11.5 Å². The summed E-state index contributed by atoms with van der Waals surface area (Å²) in [4.78, 5) is 11.8. The van der Waals surface area contributed by atoms with Crippen LogP contribution in [0.3, 0.4) is 0 Å². The van der Waals surface area contributed by atoms with Crippen molar-refractivity contribution in [1.29, 1.82) is 0 Å². The van der Waals surface area contributed by atoms with Crippen LogP contribution in [-0.4, -0.2) is 26.3 Å². The number of amides is 2. The Labute approximate surface area is 144 Å². The lowest BCUT2D eigenvalue weighted by molar-refractivity contribution is 0.246. The summed E-state index contributed by atoms with van der Waals surface area (Å²) in [7, 11) is 1.60. The van der Waals surface area contributed by atoms with E-state index in [9.17, 15) is 4.79 Å². The second-order valence-corrected chi connectivity index (χ2v) is 5.81. The number of carbonyl (C=O) groups is 1. The van der Waals surface area contributed by atoms with Crippen molar-refractivity contribution in [2.45, 2.75) is 6.92 Å². The fourth-order valence-electron chi connectivity index (χ4n) is 1.96. The van der Waals surface area contributed by atoms with Crippen molar-refractivity contribution in [2.75, 3.05) is 25.6 Å². The van der Waals surface area contributed by atoms with Gasteiger partial charge in [-0.2, -0.15) is 0 Å². The molecule has 0 aliphatic heterocycles. The minimum Gasteiger partial charge on any atom is -0.493 e. The molecule has 2 aromatic rings. The highest BCUT2D eigenvalue weighted by atomic mass is 79.9. The van der Waals surface area contributed by atoms with Crippen LogP contribution in [0.25, 0.3) is 0 Å². The number of urea groups is 1. The zero-order chi connectivity index (χ0) is 16.7. The van der Waals surface area contributed by atoms with Gasteiger partial charge in [0.25, 0.3) is 0 Å². The number of methoxy groups -OCH3 is 1. The minimum atomic E-state index is -0.275. The van der Waals surface area contributed by atoms with Crippen LogP contribution in [0.15, 0.2) is 46.9 Å². The molecule has 2 N–H and O–H groups in total. The summed E-state index contributed by atoms with van der Waals surface area (Å²) in [5, 5.41) is 5.49. The molecule has 0 saturated heterocycles. The van der Waals surface area contributed by atoms with Crippen molar-refractivity contribution in [1.82, 2.24) is 5.32 Å². The molecule has 0 aliphatic carbocycles. The van der Waals surface area contributed by atoms with Crippen molar-refractivity contribution in [3.63, 3.8) is 0 Å². The van der Waals surface area contributed by atoms with E-state index in [0.29, 0.717) is 24.7 Å². The number of ether oxygens (including phenoxy) is 2. The largest absolute Gasteiger partial charge is 0.493 e. The lowest BCUT2D eigenvalue weighted by atomic mass is 10.2. The van der Waals surface area contributed by atoms with Crippen LogP contribution in [0.4, 0.5) is 10.5 Å². The molecule has 0 unspecified atom stereocenters. The standard InChI is InChI=1S/C17H19BrN2O3/c1-12-6-7-15(16(10-12)22-2)23-9-8-19-17(21)20-14-5-3-4-13(18)11-14/h3-7,10-11H,8-9H2,1-2H3,(H2,19,20,21). The molecule has 6 heteroatoms. The summed E-state index contributed by atoms with van der Waals surface area (Å²) in [5.41, 5.74) is 1.82. The smallest absolute Gasteiger partial charge is 0.319 e. The van der Waals surface area contributed by atoms with Crippen LogP contribution < -0.4 is 20.1 Å². The molecule has 5 nitrogen and oxygen atoms in total. The number of hydrogen-bond acceptors (Lipinski definition) is 3. The van der Waals surface area contributed by atoms with Gasteiger partial charge in [-0.15, -0.1) is 0 Å². The maximum Gasteiger partial charge on any atom is 0.319 e. The van der Waals surface area contributed by atoms with Crippen LogP contribution in [0.1, 0.15) is 5.56 Å². The molecule has 0 spiro atoms. The van der Waals surface area contributed by atoms with E-state index in [1.165, 1.54) is 0 Å². The van der Waals surface area contributed by atoms with E-state index >= 15 is 0 Å². The van der Waals surface area contributed by atoms with Gasteiger partial charge in [-0.25, -0.2) is 4.79 Å². The highest BCUT2D eigenvalue weighted by Crippen LogP contribution is 2.27. The summed E-state index contributed by atoms with van der Waals surface area (Å²) in [6.45, 7) is 2.72.